The van der Waals surface area contributed by atoms with Gasteiger partial charge in [0.1, 0.15) is 0 Å². The lowest BCUT2D eigenvalue weighted by atomic mass is 10.0. The number of sulfone groups is 1. The minimum Gasteiger partial charge on any atom is -0.352 e. The average Bonchev–Trinajstić information content (AvgIpc) is 2.95. The van der Waals surface area contributed by atoms with Crippen LogP contribution >= 0.6 is 0 Å². The molecule has 0 aliphatic heterocycles. The van der Waals surface area contributed by atoms with E-state index in [2.05, 4.69) is 5.32 Å². The summed E-state index contributed by atoms with van der Waals surface area (Å²) in [6, 6.07) is 6.84. The Hall–Kier alpha value is -1.36. The molecular formula is C17H25NO3S. The number of nitrogens with one attached hydrogen (secondary N) is 1. The van der Waals surface area contributed by atoms with Crippen molar-refractivity contribution in [2.24, 2.45) is 5.92 Å². The summed E-state index contributed by atoms with van der Waals surface area (Å²) in [7, 11) is -3.08. The highest BCUT2D eigenvalue weighted by Crippen LogP contribution is 2.28. The van der Waals surface area contributed by atoms with Gasteiger partial charge in [-0.05, 0) is 36.5 Å². The van der Waals surface area contributed by atoms with Gasteiger partial charge in [-0.2, -0.15) is 0 Å². The molecule has 1 fully saturated rings. The molecule has 22 heavy (non-hydrogen) atoms. The second kappa shape index (κ2) is 7.77. The first-order valence-corrected chi connectivity index (χ1v) is 10.0. The molecule has 0 heterocycles. The molecule has 1 aliphatic carbocycles. The maximum absolute atomic E-state index is 12.1. The van der Waals surface area contributed by atoms with Crippen molar-refractivity contribution in [1.82, 2.24) is 5.32 Å². The second-order valence-electron chi connectivity index (χ2n) is 6.32. The van der Waals surface area contributed by atoms with Gasteiger partial charge in [0, 0.05) is 18.4 Å². The minimum absolute atomic E-state index is 0.0319. The van der Waals surface area contributed by atoms with E-state index in [4.69, 9.17) is 0 Å². The summed E-state index contributed by atoms with van der Waals surface area (Å²) < 4.78 is 22.6. The molecule has 0 saturated heterocycles. The van der Waals surface area contributed by atoms with Crippen molar-refractivity contribution in [3.63, 3.8) is 0 Å². The molecule has 1 N–H and O–H groups in total. The van der Waals surface area contributed by atoms with Crippen LogP contribution < -0.4 is 5.32 Å². The van der Waals surface area contributed by atoms with Crippen LogP contribution in [0.15, 0.2) is 24.3 Å². The number of hydrogen-bond donors (Lipinski definition) is 1. The van der Waals surface area contributed by atoms with Crippen molar-refractivity contribution in [2.75, 3.05) is 12.8 Å². The number of amides is 1. The molecule has 1 aromatic carbocycles. The highest BCUT2D eigenvalue weighted by molar-refractivity contribution is 7.89. The summed E-state index contributed by atoms with van der Waals surface area (Å²) in [5.41, 5.74) is 1.18. The lowest BCUT2D eigenvalue weighted by molar-refractivity contribution is 0.0952. The van der Waals surface area contributed by atoms with Crippen molar-refractivity contribution in [2.45, 2.75) is 44.3 Å². The third-order valence-electron chi connectivity index (χ3n) is 4.17. The molecule has 1 saturated carbocycles. The molecule has 0 radical (unpaired) electrons. The average molecular weight is 323 g/mol. The molecule has 1 aliphatic rings. The predicted molar refractivity (Wildman–Crippen MR) is 88.5 cm³/mol. The van der Waals surface area contributed by atoms with Gasteiger partial charge in [0.05, 0.1) is 5.75 Å². The maximum Gasteiger partial charge on any atom is 0.251 e. The van der Waals surface area contributed by atoms with Crippen LogP contribution in [0.1, 0.15) is 54.4 Å². The molecule has 2 rings (SSSR count). The summed E-state index contributed by atoms with van der Waals surface area (Å²) >= 11 is 0. The van der Waals surface area contributed by atoms with Crippen LogP contribution in [-0.2, 0) is 15.6 Å². The van der Waals surface area contributed by atoms with E-state index in [1.54, 1.807) is 24.3 Å². The van der Waals surface area contributed by atoms with Crippen LogP contribution in [0.3, 0.4) is 0 Å². The molecule has 0 atom stereocenters. The summed E-state index contributed by atoms with van der Waals surface area (Å²) in [6.45, 7) is 0.686. The van der Waals surface area contributed by atoms with E-state index in [-0.39, 0.29) is 11.7 Å². The standard InChI is InChI=1S/C17H25NO3S/c1-22(20,21)13-15-8-4-10-16(12-15)17(19)18-11-5-9-14-6-2-3-7-14/h4,8,10,12,14H,2-3,5-7,9,11,13H2,1H3,(H,18,19). The lowest BCUT2D eigenvalue weighted by Crippen LogP contribution is -2.24. The maximum atomic E-state index is 12.1. The zero-order valence-electron chi connectivity index (χ0n) is 13.2. The van der Waals surface area contributed by atoms with Crippen LogP contribution in [0.4, 0.5) is 0 Å². The Labute approximate surface area is 133 Å². The van der Waals surface area contributed by atoms with Gasteiger partial charge in [-0.1, -0.05) is 37.8 Å². The molecule has 0 spiro atoms. The Balaban J connectivity index is 1.80. The smallest absolute Gasteiger partial charge is 0.251 e. The third kappa shape index (κ3) is 5.79. The van der Waals surface area contributed by atoms with Gasteiger partial charge in [0.2, 0.25) is 0 Å². The monoisotopic (exact) mass is 323 g/mol. The second-order valence-corrected chi connectivity index (χ2v) is 8.46. The Morgan fingerprint density at radius 1 is 1.27 bits per heavy atom. The molecule has 5 heteroatoms. The largest absolute Gasteiger partial charge is 0.352 e. The van der Waals surface area contributed by atoms with Gasteiger partial charge in [-0.25, -0.2) is 8.42 Å². The van der Waals surface area contributed by atoms with E-state index in [1.807, 2.05) is 0 Å². The highest BCUT2D eigenvalue weighted by atomic mass is 32.2. The molecule has 0 bridgehead atoms. The fourth-order valence-corrected chi connectivity index (χ4v) is 3.88. The van der Waals surface area contributed by atoms with E-state index in [1.165, 1.54) is 38.4 Å². The third-order valence-corrected chi connectivity index (χ3v) is 5.03. The molecule has 1 amide bonds. The number of carbonyl (C=O) groups is 1. The Morgan fingerprint density at radius 3 is 2.68 bits per heavy atom. The zero-order valence-corrected chi connectivity index (χ0v) is 14.0. The van der Waals surface area contributed by atoms with E-state index in [0.29, 0.717) is 17.7 Å². The quantitative estimate of drug-likeness (QED) is 0.785. The molecule has 122 valence electrons. The molecular weight excluding hydrogens is 298 g/mol. The summed E-state index contributed by atoms with van der Waals surface area (Å²) in [6.07, 6.45) is 8.77. The van der Waals surface area contributed by atoms with E-state index in [9.17, 15) is 13.2 Å². The summed E-state index contributed by atoms with van der Waals surface area (Å²) in [4.78, 5) is 12.1. The van der Waals surface area contributed by atoms with Crippen LogP contribution in [0.2, 0.25) is 0 Å². The van der Waals surface area contributed by atoms with Crippen LogP contribution in [0.25, 0.3) is 0 Å². The Kier molecular flexibility index (Phi) is 6.00. The fourth-order valence-electron chi connectivity index (χ4n) is 3.10. The summed E-state index contributed by atoms with van der Waals surface area (Å²) in [5.74, 6) is 0.687. The fraction of sp³-hybridized carbons (Fsp3) is 0.588. The number of benzene rings is 1. The van der Waals surface area contributed by atoms with Crippen molar-refractivity contribution in [3.8, 4) is 0 Å². The lowest BCUT2D eigenvalue weighted by Gasteiger charge is -2.10. The van der Waals surface area contributed by atoms with Gasteiger partial charge in [-0.15, -0.1) is 0 Å². The first-order valence-electron chi connectivity index (χ1n) is 7.99. The number of carbonyl (C=O) groups excluding carboxylic acids is 1. The SMILES string of the molecule is CS(=O)(=O)Cc1cccc(C(=O)NCCCC2CCCC2)c1. The van der Waals surface area contributed by atoms with Crippen molar-refractivity contribution in [3.05, 3.63) is 35.4 Å². The molecule has 0 unspecified atom stereocenters. The molecule has 4 nitrogen and oxygen atoms in total. The Morgan fingerprint density at radius 2 is 2.00 bits per heavy atom. The molecule has 1 aromatic rings. The van der Waals surface area contributed by atoms with Crippen LogP contribution in [0.5, 0.6) is 0 Å². The van der Waals surface area contributed by atoms with Crippen LogP contribution in [0, 0.1) is 5.92 Å². The zero-order chi connectivity index (χ0) is 16.0. The van der Waals surface area contributed by atoms with E-state index < -0.39 is 9.84 Å². The normalized spacial score (nSPS) is 15.9. The highest BCUT2D eigenvalue weighted by Gasteiger charge is 2.14. The number of hydrogen-bond acceptors (Lipinski definition) is 3. The first kappa shape index (κ1) is 17.0. The first-order chi connectivity index (χ1) is 10.4. The van der Waals surface area contributed by atoms with Gasteiger partial charge in [-0.3, -0.25) is 4.79 Å². The topological polar surface area (TPSA) is 63.2 Å². The summed E-state index contributed by atoms with van der Waals surface area (Å²) in [5, 5.41) is 2.92. The van der Waals surface area contributed by atoms with Crippen molar-refractivity contribution in [1.29, 1.82) is 0 Å². The van der Waals surface area contributed by atoms with Gasteiger partial charge in [0.25, 0.3) is 5.91 Å². The predicted octanol–water partition coefficient (Wildman–Crippen LogP) is 2.93. The molecule has 0 aromatic heterocycles. The minimum atomic E-state index is -3.08. The van der Waals surface area contributed by atoms with Gasteiger partial charge in [0.15, 0.2) is 9.84 Å². The van der Waals surface area contributed by atoms with Crippen molar-refractivity contribution < 1.29 is 13.2 Å². The van der Waals surface area contributed by atoms with Gasteiger partial charge < -0.3 is 5.32 Å². The van der Waals surface area contributed by atoms with E-state index in [0.717, 1.165) is 12.3 Å². The van der Waals surface area contributed by atoms with Crippen molar-refractivity contribution >= 4 is 15.7 Å². The van der Waals surface area contributed by atoms with E-state index >= 15 is 0 Å². The number of rotatable bonds is 7. The van der Waals surface area contributed by atoms with Gasteiger partial charge >= 0.3 is 0 Å². The Bertz CT molecular complexity index is 604. The van der Waals surface area contributed by atoms with Crippen LogP contribution in [-0.4, -0.2) is 27.1 Å².